The van der Waals surface area contributed by atoms with Crippen LogP contribution in [0.25, 0.3) is 0 Å². The summed E-state index contributed by atoms with van der Waals surface area (Å²) in [5, 5.41) is 0. The highest BCUT2D eigenvalue weighted by molar-refractivity contribution is 5.89. The van der Waals surface area contributed by atoms with Gasteiger partial charge in [0.25, 0.3) is 0 Å². The van der Waals surface area contributed by atoms with Crippen molar-refractivity contribution in [1.29, 1.82) is 0 Å². The summed E-state index contributed by atoms with van der Waals surface area (Å²) in [6, 6.07) is 6.05. The second-order valence-corrected chi connectivity index (χ2v) is 14.0. The van der Waals surface area contributed by atoms with Crippen molar-refractivity contribution < 1.29 is 28.8 Å². The van der Waals surface area contributed by atoms with Crippen LogP contribution in [-0.4, -0.2) is 28.7 Å². The average Bonchev–Trinajstić information content (AvgIpc) is 3.22. The molecule has 1 aromatic carbocycles. The van der Waals surface area contributed by atoms with Gasteiger partial charge in [0.05, 0.1) is 5.60 Å². The highest BCUT2D eigenvalue weighted by atomic mass is 17.2. The number of ether oxygens (including phenoxy) is 2. The molecule has 1 unspecified atom stereocenters. The number of benzene rings is 1. The maximum Gasteiger partial charge on any atom is 0.338 e. The Morgan fingerprint density at radius 3 is 2.33 bits per heavy atom. The summed E-state index contributed by atoms with van der Waals surface area (Å²) in [5.74, 6) is 7.74. The molecule has 228 valence electrons. The first kappa shape index (κ1) is 32.0. The minimum Gasteiger partial charge on any atom is -0.442 e. The van der Waals surface area contributed by atoms with Crippen molar-refractivity contribution in [3.63, 3.8) is 0 Å². The molecule has 6 heteroatoms. The zero-order valence-corrected chi connectivity index (χ0v) is 26.8. The lowest BCUT2D eigenvalue weighted by molar-refractivity contribution is -0.388. The summed E-state index contributed by atoms with van der Waals surface area (Å²) < 4.78 is 11.9. The maximum atomic E-state index is 13.1. The van der Waals surface area contributed by atoms with Gasteiger partial charge in [-0.1, -0.05) is 44.9 Å². The van der Waals surface area contributed by atoms with Gasteiger partial charge in [0.1, 0.15) is 5.75 Å². The fraction of sp³-hybridized carbons (Fsp3) is 0.611. The molecule has 0 amide bonds. The molecule has 3 aliphatic carbocycles. The minimum atomic E-state index is -0.944. The topological polar surface area (TPSA) is 71.1 Å². The van der Waals surface area contributed by atoms with Crippen LogP contribution in [0.5, 0.6) is 5.75 Å². The predicted octanol–water partition coefficient (Wildman–Crippen LogP) is 7.80. The van der Waals surface area contributed by atoms with Crippen molar-refractivity contribution in [2.24, 2.45) is 17.3 Å². The van der Waals surface area contributed by atoms with Crippen LogP contribution in [0.4, 0.5) is 0 Å². The Morgan fingerprint density at radius 2 is 1.69 bits per heavy atom. The maximum absolute atomic E-state index is 13.1. The molecule has 5 atom stereocenters. The number of hydrogen-bond acceptors (Lipinski definition) is 6. The summed E-state index contributed by atoms with van der Waals surface area (Å²) in [6.07, 6.45) is 6.19. The van der Waals surface area contributed by atoms with Crippen molar-refractivity contribution in [1.82, 2.24) is 0 Å². The van der Waals surface area contributed by atoms with Crippen molar-refractivity contribution in [3.05, 3.63) is 53.6 Å². The first-order valence-electron chi connectivity index (χ1n) is 15.3. The molecule has 2 fully saturated rings. The highest BCUT2D eigenvalue weighted by Crippen LogP contribution is 2.65. The molecular weight excluding hydrogens is 528 g/mol. The third kappa shape index (κ3) is 6.24. The van der Waals surface area contributed by atoms with Crippen LogP contribution in [0.1, 0.15) is 111 Å². The van der Waals surface area contributed by atoms with Gasteiger partial charge in [0.2, 0.25) is 0 Å². The summed E-state index contributed by atoms with van der Waals surface area (Å²) in [5.41, 5.74) is 0.754. The lowest BCUT2D eigenvalue weighted by atomic mass is 9.53. The zero-order valence-electron chi connectivity index (χ0n) is 26.8. The van der Waals surface area contributed by atoms with E-state index in [0.717, 1.165) is 38.5 Å². The van der Waals surface area contributed by atoms with Crippen molar-refractivity contribution >= 4 is 11.9 Å². The van der Waals surface area contributed by atoms with Crippen LogP contribution in [-0.2, 0) is 30.5 Å². The van der Waals surface area contributed by atoms with E-state index in [0.29, 0.717) is 41.1 Å². The second-order valence-electron chi connectivity index (χ2n) is 14.0. The van der Waals surface area contributed by atoms with Crippen LogP contribution in [0.2, 0.25) is 0 Å². The van der Waals surface area contributed by atoms with Crippen molar-refractivity contribution in [2.45, 2.75) is 123 Å². The molecule has 4 rings (SSSR count). The molecule has 0 N–H and O–H groups in total. The van der Waals surface area contributed by atoms with E-state index in [1.165, 1.54) is 11.1 Å². The van der Waals surface area contributed by atoms with Gasteiger partial charge in [0, 0.05) is 16.6 Å². The summed E-state index contributed by atoms with van der Waals surface area (Å²) in [7, 11) is 0. The standard InChI is InChI=1S/C36H48O6/c1-11-33(6,7)41-42-34(8,9)20-21-36(40-32(38)24(4)5)19-17-30-29-14-12-25-22-26(39-31(37)23(2)3)13-15-27(25)28(29)16-18-35(30,36)10/h13,15,22,28-30H,2,4,11-12,14,16-19H2,1,3,5-10H3/t28-,29-,30+,35+,36?/m1/s1. The lowest BCUT2D eigenvalue weighted by Gasteiger charge is -2.52. The number of carbonyl (C=O) groups is 2. The Morgan fingerprint density at radius 1 is 1.00 bits per heavy atom. The highest BCUT2D eigenvalue weighted by Gasteiger charge is 2.64. The minimum absolute atomic E-state index is 0.319. The lowest BCUT2D eigenvalue weighted by Crippen LogP contribution is -2.52. The van der Waals surface area contributed by atoms with Gasteiger partial charge < -0.3 is 9.47 Å². The normalized spacial score (nSPS) is 28.3. The van der Waals surface area contributed by atoms with Crippen LogP contribution in [0.3, 0.4) is 0 Å². The number of esters is 2. The van der Waals surface area contributed by atoms with Crippen LogP contribution in [0, 0.1) is 29.1 Å². The Balaban J connectivity index is 1.63. The molecule has 3 aliphatic rings. The number of fused-ring (bicyclic) bond motifs is 5. The van der Waals surface area contributed by atoms with E-state index in [1.807, 2.05) is 46.8 Å². The molecule has 42 heavy (non-hydrogen) atoms. The molecule has 0 radical (unpaired) electrons. The van der Waals surface area contributed by atoms with Crippen molar-refractivity contribution in [2.75, 3.05) is 0 Å². The Kier molecular flexibility index (Phi) is 8.89. The quantitative estimate of drug-likeness (QED) is 0.0785. The molecule has 0 aliphatic heterocycles. The molecule has 0 saturated heterocycles. The molecule has 0 heterocycles. The number of rotatable bonds is 8. The van der Waals surface area contributed by atoms with E-state index < -0.39 is 28.7 Å². The van der Waals surface area contributed by atoms with E-state index in [-0.39, 0.29) is 5.41 Å². The Hall–Kier alpha value is -2.88. The third-order valence-electron chi connectivity index (χ3n) is 9.88. The van der Waals surface area contributed by atoms with Gasteiger partial charge in [-0.2, -0.15) is 0 Å². The molecular formula is C36H48O6. The van der Waals surface area contributed by atoms with Gasteiger partial charge in [-0.3, -0.25) is 0 Å². The van der Waals surface area contributed by atoms with E-state index in [2.05, 4.69) is 38.0 Å². The van der Waals surface area contributed by atoms with E-state index >= 15 is 0 Å². The van der Waals surface area contributed by atoms with Crippen LogP contribution in [0.15, 0.2) is 42.5 Å². The third-order valence-corrected chi connectivity index (χ3v) is 9.88. The Labute approximate surface area is 252 Å². The largest absolute Gasteiger partial charge is 0.442 e. The second kappa shape index (κ2) is 11.7. The number of carbonyl (C=O) groups excluding carboxylic acids is 2. The van der Waals surface area contributed by atoms with E-state index in [4.69, 9.17) is 19.2 Å². The average molecular weight is 577 g/mol. The molecule has 0 spiro atoms. The smallest absolute Gasteiger partial charge is 0.338 e. The van der Waals surface area contributed by atoms with Crippen LogP contribution >= 0.6 is 0 Å². The first-order valence-corrected chi connectivity index (χ1v) is 15.3. The van der Waals surface area contributed by atoms with Gasteiger partial charge >= 0.3 is 11.9 Å². The summed E-state index contributed by atoms with van der Waals surface area (Å²) in [6.45, 7) is 22.9. The summed E-state index contributed by atoms with van der Waals surface area (Å²) in [4.78, 5) is 36.7. The van der Waals surface area contributed by atoms with Gasteiger partial charge in [-0.25, -0.2) is 19.4 Å². The summed E-state index contributed by atoms with van der Waals surface area (Å²) >= 11 is 0. The van der Waals surface area contributed by atoms with Crippen LogP contribution < -0.4 is 4.74 Å². The molecule has 1 aromatic rings. The van der Waals surface area contributed by atoms with Gasteiger partial charge in [-0.15, -0.1) is 0 Å². The SMILES string of the molecule is C=C(C)C(=O)Oc1ccc2c(c1)CC[C@@H]1[C@@H]2CC[C@@]2(C)[C@H]1CCC2(C#CC(C)(C)OOC(C)(C)CC)OC(=O)C(=C)C. The van der Waals surface area contributed by atoms with Gasteiger partial charge in [0.15, 0.2) is 11.2 Å². The predicted molar refractivity (Wildman–Crippen MR) is 164 cm³/mol. The molecule has 0 aromatic heterocycles. The monoisotopic (exact) mass is 576 g/mol. The first-order chi connectivity index (χ1) is 19.5. The fourth-order valence-corrected chi connectivity index (χ4v) is 7.01. The molecule has 0 bridgehead atoms. The fourth-order valence-electron chi connectivity index (χ4n) is 7.01. The van der Waals surface area contributed by atoms with Gasteiger partial charge in [-0.05, 0) is 128 Å². The molecule has 6 nitrogen and oxygen atoms in total. The number of aryl methyl sites for hydroxylation is 1. The zero-order chi connectivity index (χ0) is 31.1. The van der Waals surface area contributed by atoms with E-state index in [1.54, 1.807) is 13.8 Å². The van der Waals surface area contributed by atoms with Crippen molar-refractivity contribution in [3.8, 4) is 17.6 Å². The van der Waals surface area contributed by atoms with E-state index in [9.17, 15) is 9.59 Å². The number of hydrogen-bond donors (Lipinski definition) is 0. The molecule has 2 saturated carbocycles. The Bertz CT molecular complexity index is 1330.